The number of benzene rings is 2. The Balaban J connectivity index is 1.70. The number of halogens is 1. The van der Waals surface area contributed by atoms with Gasteiger partial charge in [0.2, 0.25) is 5.91 Å². The van der Waals surface area contributed by atoms with E-state index in [4.69, 9.17) is 21.1 Å². The molecule has 4 nitrogen and oxygen atoms in total. The van der Waals surface area contributed by atoms with Gasteiger partial charge in [-0.1, -0.05) is 35.4 Å². The van der Waals surface area contributed by atoms with Gasteiger partial charge < -0.3 is 14.8 Å². The maximum atomic E-state index is 12.5. The second-order valence-corrected chi connectivity index (χ2v) is 7.63. The van der Waals surface area contributed by atoms with E-state index in [9.17, 15) is 4.79 Å². The third-order valence-electron chi connectivity index (χ3n) is 5.31. The summed E-state index contributed by atoms with van der Waals surface area (Å²) < 4.78 is 10.9. The van der Waals surface area contributed by atoms with Crippen LogP contribution in [0.25, 0.3) is 6.08 Å². The van der Waals surface area contributed by atoms with Gasteiger partial charge in [0.1, 0.15) is 5.75 Å². The Morgan fingerprint density at radius 3 is 2.61 bits per heavy atom. The van der Waals surface area contributed by atoms with Crippen LogP contribution in [0.1, 0.15) is 29.5 Å². The first-order valence-electron chi connectivity index (χ1n) is 9.47. The highest BCUT2D eigenvalue weighted by molar-refractivity contribution is 6.30. The van der Waals surface area contributed by atoms with Gasteiger partial charge in [-0.2, -0.15) is 0 Å². The molecule has 3 rings (SSSR count). The van der Waals surface area contributed by atoms with E-state index in [1.165, 1.54) is 5.56 Å². The molecule has 0 aliphatic carbocycles. The molecule has 0 bridgehead atoms. The van der Waals surface area contributed by atoms with Crippen molar-refractivity contribution >= 4 is 23.6 Å². The number of amides is 1. The molecule has 1 fully saturated rings. The minimum atomic E-state index is -0.132. The van der Waals surface area contributed by atoms with Crippen LogP contribution < -0.4 is 10.1 Å². The molecule has 1 N–H and O–H groups in total. The molecule has 1 amide bonds. The number of aryl methyl sites for hydroxylation is 1. The van der Waals surface area contributed by atoms with Crippen LogP contribution in [0.3, 0.4) is 0 Å². The fourth-order valence-electron chi connectivity index (χ4n) is 3.60. The van der Waals surface area contributed by atoms with Gasteiger partial charge in [-0.15, -0.1) is 0 Å². The summed E-state index contributed by atoms with van der Waals surface area (Å²) in [5.41, 5.74) is 3.05. The predicted octanol–water partition coefficient (Wildman–Crippen LogP) is 4.53. The molecule has 1 aliphatic rings. The van der Waals surface area contributed by atoms with E-state index in [-0.39, 0.29) is 11.3 Å². The summed E-state index contributed by atoms with van der Waals surface area (Å²) in [6, 6.07) is 13.8. The molecule has 2 aromatic rings. The number of hydrogen-bond acceptors (Lipinski definition) is 3. The van der Waals surface area contributed by atoms with Gasteiger partial charge >= 0.3 is 0 Å². The molecule has 28 heavy (non-hydrogen) atoms. The van der Waals surface area contributed by atoms with Crippen molar-refractivity contribution in [3.8, 4) is 5.75 Å². The lowest BCUT2D eigenvalue weighted by Gasteiger charge is -2.38. The van der Waals surface area contributed by atoms with E-state index in [1.54, 1.807) is 19.3 Å². The molecule has 1 aliphatic heterocycles. The minimum Gasteiger partial charge on any atom is -0.496 e. The molecule has 2 aromatic carbocycles. The standard InChI is InChI=1S/C23H26ClNO3/c1-17-3-9-21(27-2)18(15-17)4-10-22(26)25-16-23(11-13-28-14-12-23)19-5-7-20(24)8-6-19/h3-10,15H,11-14,16H2,1-2H3,(H,25,26)/b10-4+. The molecular weight excluding hydrogens is 374 g/mol. The van der Waals surface area contributed by atoms with Crippen LogP contribution in [-0.2, 0) is 14.9 Å². The Labute approximate surface area is 171 Å². The summed E-state index contributed by atoms with van der Waals surface area (Å²) in [5.74, 6) is 0.625. The molecule has 0 spiro atoms. The van der Waals surface area contributed by atoms with Crippen molar-refractivity contribution in [1.82, 2.24) is 5.32 Å². The van der Waals surface area contributed by atoms with Gasteiger partial charge in [0.15, 0.2) is 0 Å². The highest BCUT2D eigenvalue weighted by Crippen LogP contribution is 2.35. The number of ether oxygens (including phenoxy) is 2. The summed E-state index contributed by atoms with van der Waals surface area (Å²) in [7, 11) is 1.63. The fourth-order valence-corrected chi connectivity index (χ4v) is 3.72. The summed E-state index contributed by atoms with van der Waals surface area (Å²) in [4.78, 5) is 12.5. The Morgan fingerprint density at radius 2 is 1.93 bits per heavy atom. The van der Waals surface area contributed by atoms with Crippen LogP contribution in [0.15, 0.2) is 48.5 Å². The molecule has 1 saturated heterocycles. The van der Waals surface area contributed by atoms with E-state index in [1.807, 2.05) is 49.4 Å². The first-order valence-corrected chi connectivity index (χ1v) is 9.85. The molecule has 0 radical (unpaired) electrons. The van der Waals surface area contributed by atoms with Crippen LogP contribution in [-0.4, -0.2) is 32.8 Å². The van der Waals surface area contributed by atoms with Crippen molar-refractivity contribution in [1.29, 1.82) is 0 Å². The largest absolute Gasteiger partial charge is 0.496 e. The van der Waals surface area contributed by atoms with E-state index in [0.717, 1.165) is 29.7 Å². The van der Waals surface area contributed by atoms with Crippen LogP contribution >= 0.6 is 11.6 Å². The second-order valence-electron chi connectivity index (χ2n) is 7.20. The summed E-state index contributed by atoms with van der Waals surface area (Å²) in [6.07, 6.45) is 5.08. The minimum absolute atomic E-state index is 0.122. The maximum Gasteiger partial charge on any atom is 0.244 e. The van der Waals surface area contributed by atoms with E-state index >= 15 is 0 Å². The Hall–Kier alpha value is -2.30. The second kappa shape index (κ2) is 9.26. The summed E-state index contributed by atoms with van der Waals surface area (Å²) in [5, 5.41) is 3.79. The molecule has 1 heterocycles. The quantitative estimate of drug-likeness (QED) is 0.725. The molecule has 5 heteroatoms. The third kappa shape index (κ3) is 4.94. The highest BCUT2D eigenvalue weighted by Gasteiger charge is 2.34. The predicted molar refractivity (Wildman–Crippen MR) is 113 cm³/mol. The number of rotatable bonds is 6. The van der Waals surface area contributed by atoms with Gasteiger partial charge in [-0.05, 0) is 55.7 Å². The van der Waals surface area contributed by atoms with Gasteiger partial charge in [0.25, 0.3) is 0 Å². The molecule has 0 aromatic heterocycles. The number of carbonyl (C=O) groups excluding carboxylic acids is 1. The van der Waals surface area contributed by atoms with Gasteiger partial charge in [0.05, 0.1) is 7.11 Å². The lowest BCUT2D eigenvalue weighted by Crippen LogP contribution is -2.44. The zero-order chi connectivity index (χ0) is 20.0. The van der Waals surface area contributed by atoms with Crippen LogP contribution in [0.4, 0.5) is 0 Å². The van der Waals surface area contributed by atoms with Gasteiger partial charge in [-0.3, -0.25) is 4.79 Å². The topological polar surface area (TPSA) is 47.6 Å². The van der Waals surface area contributed by atoms with Crippen molar-refractivity contribution in [3.05, 3.63) is 70.3 Å². The Morgan fingerprint density at radius 1 is 1.21 bits per heavy atom. The third-order valence-corrected chi connectivity index (χ3v) is 5.56. The number of hydrogen-bond donors (Lipinski definition) is 1. The van der Waals surface area contributed by atoms with Crippen LogP contribution in [0.5, 0.6) is 5.75 Å². The maximum absolute atomic E-state index is 12.5. The average molecular weight is 400 g/mol. The summed E-state index contributed by atoms with van der Waals surface area (Å²) in [6.45, 7) is 3.95. The Kier molecular flexibility index (Phi) is 6.76. The number of nitrogens with one attached hydrogen (secondary N) is 1. The SMILES string of the molecule is COc1ccc(C)cc1/C=C/C(=O)NCC1(c2ccc(Cl)cc2)CCOCC1. The first-order chi connectivity index (χ1) is 13.5. The lowest BCUT2D eigenvalue weighted by atomic mass is 9.74. The van der Waals surface area contributed by atoms with Crippen molar-refractivity contribution in [3.63, 3.8) is 0 Å². The van der Waals surface area contributed by atoms with Crippen LogP contribution in [0.2, 0.25) is 5.02 Å². The zero-order valence-electron chi connectivity index (χ0n) is 16.3. The first kappa shape index (κ1) is 20.4. The highest BCUT2D eigenvalue weighted by atomic mass is 35.5. The van der Waals surface area contributed by atoms with Gasteiger partial charge in [-0.25, -0.2) is 0 Å². The normalized spacial score (nSPS) is 16.1. The van der Waals surface area contributed by atoms with E-state index in [0.29, 0.717) is 24.8 Å². The average Bonchev–Trinajstić information content (AvgIpc) is 2.72. The zero-order valence-corrected chi connectivity index (χ0v) is 17.1. The van der Waals surface area contributed by atoms with Gasteiger partial charge in [0, 0.05) is 41.8 Å². The van der Waals surface area contributed by atoms with Crippen molar-refractivity contribution < 1.29 is 14.3 Å². The molecule has 0 unspecified atom stereocenters. The monoisotopic (exact) mass is 399 g/mol. The summed E-state index contributed by atoms with van der Waals surface area (Å²) >= 11 is 6.04. The van der Waals surface area contributed by atoms with E-state index < -0.39 is 0 Å². The number of methoxy groups -OCH3 is 1. The van der Waals surface area contributed by atoms with E-state index in [2.05, 4.69) is 5.32 Å². The smallest absolute Gasteiger partial charge is 0.244 e. The van der Waals surface area contributed by atoms with Crippen LogP contribution in [0, 0.1) is 6.92 Å². The fraction of sp³-hybridized carbons (Fsp3) is 0.348. The molecule has 148 valence electrons. The number of carbonyl (C=O) groups is 1. The molecule has 0 saturated carbocycles. The molecular formula is C23H26ClNO3. The Bertz CT molecular complexity index is 839. The molecule has 0 atom stereocenters. The van der Waals surface area contributed by atoms with Crippen molar-refractivity contribution in [2.24, 2.45) is 0 Å². The van der Waals surface area contributed by atoms with Crippen molar-refractivity contribution in [2.75, 3.05) is 26.9 Å². The lowest BCUT2D eigenvalue weighted by molar-refractivity contribution is -0.116. The van der Waals surface area contributed by atoms with Crippen molar-refractivity contribution in [2.45, 2.75) is 25.2 Å².